The summed E-state index contributed by atoms with van der Waals surface area (Å²) in [6.45, 7) is 0. The SMILES string of the molecule is COc1cc(Cc2n[nH]c(=O)c3ccccc23)cc(-c2ccc(N)c([N+](=O)[O-])c2)c1. The average Bonchev–Trinajstić information content (AvgIpc) is 2.76. The molecule has 1 heterocycles. The van der Waals surface area contributed by atoms with Crippen LogP contribution in [0.3, 0.4) is 0 Å². The molecule has 3 aromatic carbocycles. The minimum absolute atomic E-state index is 0.107. The van der Waals surface area contributed by atoms with Crippen molar-refractivity contribution in [3.05, 3.63) is 92.4 Å². The quantitative estimate of drug-likeness (QED) is 0.298. The van der Waals surface area contributed by atoms with Gasteiger partial charge in [0.25, 0.3) is 11.2 Å². The van der Waals surface area contributed by atoms with Gasteiger partial charge in [-0.05, 0) is 41.0 Å². The smallest absolute Gasteiger partial charge is 0.292 e. The monoisotopic (exact) mass is 402 g/mol. The van der Waals surface area contributed by atoms with Crippen LogP contribution >= 0.6 is 0 Å². The van der Waals surface area contributed by atoms with Crippen molar-refractivity contribution in [3.63, 3.8) is 0 Å². The fourth-order valence-corrected chi connectivity index (χ4v) is 3.43. The van der Waals surface area contributed by atoms with Crippen molar-refractivity contribution >= 4 is 22.1 Å². The standard InChI is InChI=1S/C22H18N4O4/c1-30-16-9-13(10-20-17-4-2-3-5-18(17)22(27)25-24-20)8-15(11-16)14-6-7-19(23)21(12-14)26(28)29/h2-9,11-12H,10,23H2,1H3,(H,25,27). The number of nitro benzene ring substituents is 1. The minimum atomic E-state index is -0.504. The summed E-state index contributed by atoms with van der Waals surface area (Å²) in [5.74, 6) is 0.607. The molecule has 0 fully saturated rings. The van der Waals surface area contributed by atoms with Gasteiger partial charge in [0, 0.05) is 17.9 Å². The molecule has 0 unspecified atom stereocenters. The maximum atomic E-state index is 12.0. The van der Waals surface area contributed by atoms with E-state index in [2.05, 4.69) is 10.2 Å². The van der Waals surface area contributed by atoms with Gasteiger partial charge < -0.3 is 10.5 Å². The summed E-state index contributed by atoms with van der Waals surface area (Å²) >= 11 is 0. The Morgan fingerprint density at radius 1 is 1.07 bits per heavy atom. The fourth-order valence-electron chi connectivity index (χ4n) is 3.43. The number of benzene rings is 3. The van der Waals surface area contributed by atoms with E-state index < -0.39 is 4.92 Å². The van der Waals surface area contributed by atoms with Gasteiger partial charge in [0.05, 0.1) is 23.1 Å². The number of aromatic nitrogens is 2. The third-order valence-corrected chi connectivity index (χ3v) is 4.91. The van der Waals surface area contributed by atoms with Crippen molar-refractivity contribution in [2.24, 2.45) is 0 Å². The van der Waals surface area contributed by atoms with Crippen LogP contribution in [-0.2, 0) is 6.42 Å². The van der Waals surface area contributed by atoms with Gasteiger partial charge in [0.15, 0.2) is 0 Å². The lowest BCUT2D eigenvalue weighted by atomic mass is 9.98. The molecule has 0 radical (unpaired) electrons. The van der Waals surface area contributed by atoms with E-state index in [0.717, 1.165) is 16.5 Å². The Morgan fingerprint density at radius 2 is 1.83 bits per heavy atom. The van der Waals surface area contributed by atoms with E-state index in [1.54, 1.807) is 31.4 Å². The summed E-state index contributed by atoms with van der Waals surface area (Å²) in [6.07, 6.45) is 0.443. The molecule has 0 bridgehead atoms. The van der Waals surface area contributed by atoms with Crippen molar-refractivity contribution < 1.29 is 9.66 Å². The molecule has 0 aliphatic rings. The molecule has 3 N–H and O–H groups in total. The van der Waals surface area contributed by atoms with Crippen LogP contribution in [0.25, 0.3) is 21.9 Å². The number of nitrogens with one attached hydrogen (secondary N) is 1. The number of nitrogen functional groups attached to an aromatic ring is 1. The van der Waals surface area contributed by atoms with Crippen molar-refractivity contribution in [1.82, 2.24) is 10.2 Å². The van der Waals surface area contributed by atoms with Gasteiger partial charge >= 0.3 is 0 Å². The molecule has 0 saturated heterocycles. The minimum Gasteiger partial charge on any atom is -0.497 e. The maximum absolute atomic E-state index is 12.0. The molecule has 4 rings (SSSR count). The Morgan fingerprint density at radius 3 is 2.57 bits per heavy atom. The van der Waals surface area contributed by atoms with Crippen LogP contribution in [0.5, 0.6) is 5.75 Å². The molecule has 0 spiro atoms. The highest BCUT2D eigenvalue weighted by molar-refractivity contribution is 5.83. The number of nitrogens with two attached hydrogens (primary N) is 1. The Kier molecular flexibility index (Phi) is 4.89. The molecule has 0 saturated carbocycles. The molecule has 0 amide bonds. The van der Waals surface area contributed by atoms with Crippen LogP contribution in [0.4, 0.5) is 11.4 Å². The Balaban J connectivity index is 1.80. The largest absolute Gasteiger partial charge is 0.497 e. The zero-order valence-corrected chi connectivity index (χ0v) is 16.1. The van der Waals surface area contributed by atoms with E-state index in [1.165, 1.54) is 12.1 Å². The number of rotatable bonds is 5. The molecule has 1 aromatic heterocycles. The van der Waals surface area contributed by atoms with Crippen LogP contribution in [0, 0.1) is 10.1 Å². The predicted molar refractivity (Wildman–Crippen MR) is 115 cm³/mol. The summed E-state index contributed by atoms with van der Waals surface area (Å²) in [5, 5.41) is 19.4. The first-order valence-electron chi connectivity index (χ1n) is 9.15. The average molecular weight is 402 g/mol. The second-order valence-electron chi connectivity index (χ2n) is 6.82. The normalized spacial score (nSPS) is 10.8. The Hall–Kier alpha value is -4.20. The predicted octanol–water partition coefficient (Wildman–Crippen LogP) is 3.68. The number of hydrogen-bond acceptors (Lipinski definition) is 6. The summed E-state index contributed by atoms with van der Waals surface area (Å²) < 4.78 is 5.43. The highest BCUT2D eigenvalue weighted by atomic mass is 16.6. The van der Waals surface area contributed by atoms with E-state index >= 15 is 0 Å². The number of ether oxygens (including phenoxy) is 1. The number of H-pyrrole nitrogens is 1. The van der Waals surface area contributed by atoms with Crippen LogP contribution in [-0.4, -0.2) is 22.2 Å². The molecule has 4 aromatic rings. The third kappa shape index (κ3) is 3.58. The van der Waals surface area contributed by atoms with Gasteiger partial charge in [0.1, 0.15) is 11.4 Å². The molecule has 30 heavy (non-hydrogen) atoms. The highest BCUT2D eigenvalue weighted by Gasteiger charge is 2.14. The molecular formula is C22H18N4O4. The molecule has 8 nitrogen and oxygen atoms in total. The van der Waals surface area contributed by atoms with Crippen molar-refractivity contribution in [3.8, 4) is 16.9 Å². The van der Waals surface area contributed by atoms with Gasteiger partial charge in [-0.3, -0.25) is 14.9 Å². The molecule has 0 aliphatic heterocycles. The van der Waals surface area contributed by atoms with Crippen molar-refractivity contribution in [2.75, 3.05) is 12.8 Å². The van der Waals surface area contributed by atoms with E-state index in [9.17, 15) is 14.9 Å². The first-order chi connectivity index (χ1) is 14.5. The van der Waals surface area contributed by atoms with Gasteiger partial charge in [-0.25, -0.2) is 5.10 Å². The number of hydrogen-bond donors (Lipinski definition) is 2. The van der Waals surface area contributed by atoms with E-state index in [4.69, 9.17) is 10.5 Å². The number of nitrogens with zero attached hydrogens (tertiary/aromatic N) is 2. The first-order valence-corrected chi connectivity index (χ1v) is 9.15. The van der Waals surface area contributed by atoms with E-state index in [1.807, 2.05) is 24.3 Å². The van der Waals surface area contributed by atoms with Crippen molar-refractivity contribution in [2.45, 2.75) is 6.42 Å². The van der Waals surface area contributed by atoms with Gasteiger partial charge in [0.2, 0.25) is 0 Å². The van der Waals surface area contributed by atoms with Crippen molar-refractivity contribution in [1.29, 1.82) is 0 Å². The second-order valence-corrected chi connectivity index (χ2v) is 6.82. The maximum Gasteiger partial charge on any atom is 0.292 e. The number of fused-ring (bicyclic) bond motifs is 1. The van der Waals surface area contributed by atoms with Gasteiger partial charge in [-0.1, -0.05) is 30.3 Å². The van der Waals surface area contributed by atoms with Crippen LogP contribution in [0.15, 0.2) is 65.5 Å². The lowest BCUT2D eigenvalue weighted by molar-refractivity contribution is -0.383. The van der Waals surface area contributed by atoms with Crippen LogP contribution < -0.4 is 16.0 Å². The molecule has 0 aliphatic carbocycles. The number of nitro groups is 1. The Bertz CT molecular complexity index is 1330. The number of aromatic amines is 1. The third-order valence-electron chi connectivity index (χ3n) is 4.91. The summed E-state index contributed by atoms with van der Waals surface area (Å²) in [6, 6.07) is 17.6. The molecule has 150 valence electrons. The second kappa shape index (κ2) is 7.67. The first kappa shape index (κ1) is 19.1. The molecule has 0 atom stereocenters. The lowest BCUT2D eigenvalue weighted by Crippen LogP contribution is -2.11. The van der Waals surface area contributed by atoms with E-state index in [-0.39, 0.29) is 16.9 Å². The topological polar surface area (TPSA) is 124 Å². The molecular weight excluding hydrogens is 384 g/mol. The zero-order valence-electron chi connectivity index (χ0n) is 16.1. The van der Waals surface area contributed by atoms with E-state index in [0.29, 0.717) is 28.8 Å². The highest BCUT2D eigenvalue weighted by Crippen LogP contribution is 2.32. The number of anilines is 1. The van der Waals surface area contributed by atoms with Crippen LogP contribution in [0.2, 0.25) is 0 Å². The number of methoxy groups -OCH3 is 1. The zero-order chi connectivity index (χ0) is 21.3. The Labute approximate surface area is 171 Å². The summed E-state index contributed by atoms with van der Waals surface area (Å²) in [7, 11) is 1.56. The summed E-state index contributed by atoms with van der Waals surface area (Å²) in [5.41, 5.74) is 8.43. The summed E-state index contributed by atoms with van der Waals surface area (Å²) in [4.78, 5) is 22.8. The lowest BCUT2D eigenvalue weighted by Gasteiger charge is -2.11. The fraction of sp³-hybridized carbons (Fsp3) is 0.0909. The molecule has 8 heteroatoms. The van der Waals surface area contributed by atoms with Gasteiger partial charge in [-0.15, -0.1) is 0 Å². The van der Waals surface area contributed by atoms with Gasteiger partial charge in [-0.2, -0.15) is 5.10 Å². The van der Waals surface area contributed by atoms with Crippen LogP contribution in [0.1, 0.15) is 11.3 Å².